The Hall–Kier alpha value is -2.52. The Kier molecular flexibility index (Phi) is 21.6. The van der Waals surface area contributed by atoms with Gasteiger partial charge >= 0.3 is 23.5 Å². The summed E-state index contributed by atoms with van der Waals surface area (Å²) >= 11 is 0.968. The molecule has 2 amide bonds. The number of unbranched alkanes of at least 4 members (excludes halogenated alkanes) is 4. The second kappa shape index (κ2) is 24.8. The number of imidazole rings is 1. The molecule has 12 N–H and O–H groups in total. The number of nitrogens with zero attached hydrogens (tertiary/aromatic N) is 4. The second-order valence-electron chi connectivity index (χ2n) is 15.3. The highest BCUT2D eigenvalue weighted by Gasteiger charge is 2.50. The standard InChI is InChI=1S/C33H58N7O19P3S/c1-20(41)9-7-5-4-6-8-10-21(42)15-24(44)63-14-13-35-23(43)11-12-36-31(47)28(46)33(2,3)17-56-62(53,54)59-61(51,52)55-16-22-27(58-60(48,49)50)26(45)32(57-22)40-19-39-25-29(34)37-18-38-30(25)40/h18-22,26-28,32,41-42,45-46H,4-17H2,1-3H3,(H,35,43)(H,36,47)(H,51,52)(H,53,54)(H2,34,37,38)(H2,48,49,50). The van der Waals surface area contributed by atoms with Crippen molar-refractivity contribution in [1.82, 2.24) is 30.2 Å². The maximum absolute atomic E-state index is 12.7. The highest BCUT2D eigenvalue weighted by molar-refractivity contribution is 8.13. The molecule has 0 bridgehead atoms. The number of rotatable bonds is 29. The minimum Gasteiger partial charge on any atom is -0.393 e. The number of aliphatic hydroxyl groups is 4. The van der Waals surface area contributed by atoms with E-state index in [1.54, 1.807) is 6.92 Å². The molecule has 0 aliphatic carbocycles. The van der Waals surface area contributed by atoms with Crippen LogP contribution in [0.1, 0.15) is 84.8 Å². The lowest BCUT2D eigenvalue weighted by molar-refractivity contribution is -0.137. The number of thioether (sulfide) groups is 1. The molecule has 0 radical (unpaired) electrons. The van der Waals surface area contributed by atoms with Gasteiger partial charge < -0.3 is 61.1 Å². The minimum atomic E-state index is -5.59. The Morgan fingerprint density at radius 2 is 1.60 bits per heavy atom. The number of nitrogens with one attached hydrogen (secondary N) is 2. The molecule has 30 heteroatoms. The normalized spacial score (nSPS) is 21.6. The molecule has 3 rings (SSSR count). The van der Waals surface area contributed by atoms with Gasteiger partial charge in [-0.3, -0.25) is 32.5 Å². The summed E-state index contributed by atoms with van der Waals surface area (Å²) in [7, 11) is -16.4. The van der Waals surface area contributed by atoms with Crippen LogP contribution in [0.3, 0.4) is 0 Å². The summed E-state index contributed by atoms with van der Waals surface area (Å²) in [5, 5.41) is 45.6. The number of carbonyl (C=O) groups is 3. The topological polar surface area (TPSA) is 404 Å². The number of phosphoric ester groups is 3. The van der Waals surface area contributed by atoms with E-state index in [1.165, 1.54) is 13.8 Å². The van der Waals surface area contributed by atoms with Crippen molar-refractivity contribution in [3.05, 3.63) is 12.7 Å². The number of amides is 2. The Balaban J connectivity index is 1.38. The van der Waals surface area contributed by atoms with Crippen LogP contribution < -0.4 is 16.4 Å². The molecule has 1 aliphatic rings. The molecule has 0 aromatic carbocycles. The average Bonchev–Trinajstić information content (AvgIpc) is 3.74. The van der Waals surface area contributed by atoms with Crippen molar-refractivity contribution >= 4 is 69.1 Å². The highest BCUT2D eigenvalue weighted by atomic mass is 32.2. The summed E-state index contributed by atoms with van der Waals surface area (Å²) in [4.78, 5) is 88.1. The summed E-state index contributed by atoms with van der Waals surface area (Å²) in [6, 6.07) is 0. The first-order valence-electron chi connectivity index (χ1n) is 19.7. The van der Waals surface area contributed by atoms with Gasteiger partial charge in [0.05, 0.1) is 31.7 Å². The van der Waals surface area contributed by atoms with E-state index in [0.29, 0.717) is 6.42 Å². The molecule has 3 heterocycles. The van der Waals surface area contributed by atoms with E-state index >= 15 is 0 Å². The molecule has 26 nitrogen and oxygen atoms in total. The number of phosphoric acid groups is 3. The van der Waals surface area contributed by atoms with Gasteiger partial charge in [-0.15, -0.1) is 0 Å². The van der Waals surface area contributed by atoms with Crippen molar-refractivity contribution in [2.45, 2.75) is 121 Å². The third-order valence-corrected chi connectivity index (χ3v) is 13.3. The minimum absolute atomic E-state index is 0.0114. The number of ether oxygens (including phenoxy) is 1. The number of anilines is 1. The summed E-state index contributed by atoms with van der Waals surface area (Å²) in [6.45, 7) is 2.09. The smallest absolute Gasteiger partial charge is 0.393 e. The van der Waals surface area contributed by atoms with Crippen molar-refractivity contribution in [1.29, 1.82) is 0 Å². The van der Waals surface area contributed by atoms with E-state index in [0.717, 1.165) is 67.5 Å². The van der Waals surface area contributed by atoms with E-state index in [9.17, 15) is 68.1 Å². The Labute approximate surface area is 366 Å². The molecule has 9 atom stereocenters. The molecule has 63 heavy (non-hydrogen) atoms. The fourth-order valence-corrected chi connectivity index (χ4v) is 9.57. The first-order chi connectivity index (χ1) is 29.3. The van der Waals surface area contributed by atoms with Gasteiger partial charge in [0.1, 0.15) is 36.3 Å². The lowest BCUT2D eigenvalue weighted by Crippen LogP contribution is -2.46. The quantitative estimate of drug-likeness (QED) is 0.0391. The molecule has 1 aliphatic heterocycles. The van der Waals surface area contributed by atoms with Gasteiger partial charge in [-0.25, -0.2) is 28.6 Å². The lowest BCUT2D eigenvalue weighted by atomic mass is 9.87. The van der Waals surface area contributed by atoms with Gasteiger partial charge in [-0.05, 0) is 19.8 Å². The van der Waals surface area contributed by atoms with E-state index < -0.39 is 90.7 Å². The van der Waals surface area contributed by atoms with Crippen LogP contribution in [0.15, 0.2) is 12.7 Å². The van der Waals surface area contributed by atoms with Crippen molar-refractivity contribution in [2.75, 3.05) is 37.8 Å². The summed E-state index contributed by atoms with van der Waals surface area (Å²) in [5.74, 6) is -1.27. The van der Waals surface area contributed by atoms with Crippen molar-refractivity contribution in [3.63, 3.8) is 0 Å². The lowest BCUT2D eigenvalue weighted by Gasteiger charge is -2.30. The maximum Gasteiger partial charge on any atom is 0.481 e. The largest absolute Gasteiger partial charge is 0.481 e. The molecule has 2 aromatic rings. The first-order valence-corrected chi connectivity index (χ1v) is 25.2. The number of hydrogen-bond acceptors (Lipinski definition) is 20. The predicted molar refractivity (Wildman–Crippen MR) is 222 cm³/mol. The van der Waals surface area contributed by atoms with Crippen LogP contribution in [0.25, 0.3) is 11.2 Å². The van der Waals surface area contributed by atoms with Gasteiger partial charge in [0.25, 0.3) is 0 Å². The third-order valence-electron chi connectivity index (χ3n) is 9.33. The molecule has 1 saturated heterocycles. The number of aromatic nitrogens is 4. The molecule has 360 valence electrons. The van der Waals surface area contributed by atoms with Gasteiger partial charge in [-0.1, -0.05) is 57.7 Å². The molecule has 2 aromatic heterocycles. The van der Waals surface area contributed by atoms with Gasteiger partial charge in [0, 0.05) is 37.1 Å². The van der Waals surface area contributed by atoms with E-state index in [-0.39, 0.29) is 59.9 Å². The Morgan fingerprint density at radius 1 is 0.952 bits per heavy atom. The zero-order valence-electron chi connectivity index (χ0n) is 34.8. The molecule has 0 spiro atoms. The number of nitrogen functional groups attached to an aromatic ring is 1. The van der Waals surface area contributed by atoms with E-state index in [4.69, 9.17) is 19.5 Å². The SMILES string of the molecule is CC(O)CCCCCCCC(O)CC(=O)SCCNC(=O)CCNC(=O)C(O)C(C)(C)COP(=O)(O)OP(=O)(O)OCC1OC(n2cnc3c(N)ncnc32)C(O)C1OP(=O)(O)O. The second-order valence-corrected chi connectivity index (χ2v) is 20.7. The molecule has 1 fully saturated rings. The van der Waals surface area contributed by atoms with Crippen LogP contribution in [0.2, 0.25) is 0 Å². The summed E-state index contributed by atoms with van der Waals surface area (Å²) in [6.07, 6.45) is -2.18. The van der Waals surface area contributed by atoms with Crippen LogP contribution in [0, 0.1) is 5.41 Å². The fraction of sp³-hybridized carbons (Fsp3) is 0.758. The zero-order chi connectivity index (χ0) is 47.2. The first kappa shape index (κ1) is 54.8. The number of nitrogens with two attached hydrogens (primary N) is 1. The summed E-state index contributed by atoms with van der Waals surface area (Å²) < 4.78 is 62.2. The Morgan fingerprint density at radius 3 is 2.27 bits per heavy atom. The van der Waals surface area contributed by atoms with Gasteiger partial charge in [0.2, 0.25) is 11.8 Å². The average molecular weight is 982 g/mol. The van der Waals surface area contributed by atoms with Crippen molar-refractivity contribution in [3.8, 4) is 0 Å². The van der Waals surface area contributed by atoms with Crippen LogP contribution in [-0.2, 0) is 50.7 Å². The van der Waals surface area contributed by atoms with Crippen molar-refractivity contribution in [2.24, 2.45) is 5.41 Å². The molecule has 9 unspecified atom stereocenters. The van der Waals surface area contributed by atoms with Gasteiger partial charge in [0.15, 0.2) is 22.8 Å². The van der Waals surface area contributed by atoms with Crippen LogP contribution in [0.5, 0.6) is 0 Å². The van der Waals surface area contributed by atoms with Crippen LogP contribution in [0.4, 0.5) is 5.82 Å². The fourth-order valence-electron chi connectivity index (χ4n) is 6.00. The molecular weight excluding hydrogens is 923 g/mol. The number of fused-ring (bicyclic) bond motifs is 1. The van der Waals surface area contributed by atoms with Crippen LogP contribution >= 0.6 is 35.2 Å². The number of aliphatic hydroxyl groups excluding tert-OH is 4. The van der Waals surface area contributed by atoms with E-state index in [2.05, 4.69) is 34.4 Å². The number of carbonyl (C=O) groups excluding carboxylic acids is 3. The zero-order valence-corrected chi connectivity index (χ0v) is 38.3. The number of hydrogen-bond donors (Lipinski definition) is 11. The monoisotopic (exact) mass is 981 g/mol. The van der Waals surface area contributed by atoms with Crippen molar-refractivity contribution < 1.29 is 90.7 Å². The molecule has 0 saturated carbocycles. The van der Waals surface area contributed by atoms with E-state index in [1.807, 2.05) is 0 Å². The Bertz CT molecular complexity index is 1960. The van der Waals surface area contributed by atoms with Gasteiger partial charge in [-0.2, -0.15) is 4.31 Å². The highest BCUT2D eigenvalue weighted by Crippen LogP contribution is 2.61. The van der Waals surface area contributed by atoms with Crippen LogP contribution in [-0.4, -0.2) is 145 Å². The summed E-state index contributed by atoms with van der Waals surface area (Å²) in [5.41, 5.74) is 4.23. The maximum atomic E-state index is 12.7. The molecular formula is C33H58N7O19P3S. The third kappa shape index (κ3) is 19.1. The predicted octanol–water partition coefficient (Wildman–Crippen LogP) is 0.527.